The van der Waals surface area contributed by atoms with E-state index in [0.29, 0.717) is 0 Å². The van der Waals surface area contributed by atoms with Crippen LogP contribution in [0.15, 0.2) is 24.3 Å². The van der Waals surface area contributed by atoms with Crippen LogP contribution in [0.5, 0.6) is 0 Å². The summed E-state index contributed by atoms with van der Waals surface area (Å²) in [6, 6.07) is 8.45. The molecule has 0 aliphatic rings. The van der Waals surface area contributed by atoms with E-state index in [-0.39, 0.29) is 6.04 Å². The van der Waals surface area contributed by atoms with Gasteiger partial charge in [-0.05, 0) is 31.9 Å². The van der Waals surface area contributed by atoms with Crippen LogP contribution >= 0.6 is 0 Å². The van der Waals surface area contributed by atoms with Gasteiger partial charge in [0.15, 0.2) is 0 Å². The van der Waals surface area contributed by atoms with Crippen molar-refractivity contribution >= 4 is 5.69 Å². The van der Waals surface area contributed by atoms with Crippen molar-refractivity contribution in [3.05, 3.63) is 29.8 Å². The summed E-state index contributed by atoms with van der Waals surface area (Å²) in [5.74, 6) is 0. The molecule has 1 unspecified atom stereocenters. The number of rotatable bonds is 11. The lowest BCUT2D eigenvalue weighted by atomic mass is 10.0. The Hall–Kier alpha value is -1.10. The van der Waals surface area contributed by atoms with Crippen LogP contribution < -0.4 is 10.6 Å². The van der Waals surface area contributed by atoms with Crippen LogP contribution in [-0.2, 0) is 9.47 Å². The van der Waals surface area contributed by atoms with Crippen molar-refractivity contribution in [1.29, 1.82) is 0 Å². The Kier molecular flexibility index (Phi) is 9.06. The van der Waals surface area contributed by atoms with Gasteiger partial charge in [0.1, 0.15) is 0 Å². The molecule has 0 spiro atoms. The summed E-state index contributed by atoms with van der Waals surface area (Å²) in [7, 11) is 0. The maximum atomic E-state index is 6.25. The van der Waals surface area contributed by atoms with Crippen molar-refractivity contribution in [2.45, 2.75) is 33.2 Å². The molecule has 0 aromatic heterocycles. The molecule has 0 heterocycles. The molecule has 0 radical (unpaired) electrons. The minimum absolute atomic E-state index is 0.0721. The maximum Gasteiger partial charge on any atom is 0.0641 e. The zero-order valence-corrected chi connectivity index (χ0v) is 13.7. The average molecular weight is 294 g/mol. The summed E-state index contributed by atoms with van der Waals surface area (Å²) in [5.41, 5.74) is 8.66. The first-order chi connectivity index (χ1) is 10.2. The average Bonchev–Trinajstić information content (AvgIpc) is 2.53. The van der Waals surface area contributed by atoms with E-state index < -0.39 is 0 Å². The Balaban J connectivity index is 2.84. The Morgan fingerprint density at radius 2 is 1.57 bits per heavy atom. The number of benzene rings is 1. The minimum Gasteiger partial charge on any atom is -0.380 e. The van der Waals surface area contributed by atoms with Gasteiger partial charge in [0.2, 0.25) is 0 Å². The van der Waals surface area contributed by atoms with Crippen molar-refractivity contribution in [3.8, 4) is 0 Å². The third-order valence-corrected chi connectivity index (χ3v) is 3.54. The van der Waals surface area contributed by atoms with Gasteiger partial charge >= 0.3 is 0 Å². The molecular formula is C17H30N2O2. The highest BCUT2D eigenvalue weighted by molar-refractivity contribution is 5.55. The summed E-state index contributed by atoms with van der Waals surface area (Å²) in [4.78, 5) is 2.32. The number of para-hydroxylation sites is 1. The molecule has 0 bridgehead atoms. The zero-order valence-electron chi connectivity index (χ0n) is 13.7. The molecule has 1 rings (SSSR count). The van der Waals surface area contributed by atoms with E-state index in [9.17, 15) is 0 Å². The van der Waals surface area contributed by atoms with Gasteiger partial charge in [0.25, 0.3) is 0 Å². The molecule has 4 heteroatoms. The monoisotopic (exact) mass is 294 g/mol. The lowest BCUT2D eigenvalue weighted by molar-refractivity contribution is 0.141. The lowest BCUT2D eigenvalue weighted by Crippen LogP contribution is -2.32. The predicted molar refractivity (Wildman–Crippen MR) is 88.9 cm³/mol. The summed E-state index contributed by atoms with van der Waals surface area (Å²) >= 11 is 0. The van der Waals surface area contributed by atoms with Gasteiger partial charge in [-0.3, -0.25) is 0 Å². The van der Waals surface area contributed by atoms with Crippen LogP contribution in [-0.4, -0.2) is 39.5 Å². The van der Waals surface area contributed by atoms with Gasteiger partial charge in [0.05, 0.1) is 13.2 Å². The van der Waals surface area contributed by atoms with Gasteiger partial charge in [-0.15, -0.1) is 0 Å². The van der Waals surface area contributed by atoms with E-state index in [4.69, 9.17) is 15.2 Å². The fraction of sp³-hybridized carbons (Fsp3) is 0.647. The van der Waals surface area contributed by atoms with Gasteiger partial charge < -0.3 is 20.1 Å². The van der Waals surface area contributed by atoms with Crippen LogP contribution in [0.25, 0.3) is 0 Å². The summed E-state index contributed by atoms with van der Waals surface area (Å²) < 4.78 is 11.0. The molecule has 0 aliphatic carbocycles. The van der Waals surface area contributed by atoms with E-state index in [0.717, 1.165) is 45.9 Å². The fourth-order valence-corrected chi connectivity index (χ4v) is 2.30. The molecular weight excluding hydrogens is 264 g/mol. The van der Waals surface area contributed by atoms with E-state index in [1.165, 1.54) is 11.3 Å². The highest BCUT2D eigenvalue weighted by Gasteiger charge is 2.14. The first-order valence-electron chi connectivity index (χ1n) is 7.99. The second-order valence-corrected chi connectivity index (χ2v) is 4.95. The summed E-state index contributed by atoms with van der Waals surface area (Å²) in [6.45, 7) is 10.8. The standard InChI is InChI=1S/C17H30N2O2/c1-4-16(18)15-9-7-8-10-17(15)19(11-13-20-5-2)12-14-21-6-3/h7-10,16H,4-6,11-14,18H2,1-3H3. The second kappa shape index (κ2) is 10.6. The molecule has 1 aromatic rings. The van der Waals surface area contributed by atoms with Crippen molar-refractivity contribution < 1.29 is 9.47 Å². The SMILES string of the molecule is CCOCCN(CCOCC)c1ccccc1C(N)CC. The van der Waals surface area contributed by atoms with Crippen molar-refractivity contribution in [3.63, 3.8) is 0 Å². The van der Waals surface area contributed by atoms with Gasteiger partial charge in [0, 0.05) is 38.0 Å². The number of ether oxygens (including phenoxy) is 2. The number of nitrogens with zero attached hydrogens (tertiary/aromatic N) is 1. The minimum atomic E-state index is 0.0721. The van der Waals surface area contributed by atoms with E-state index in [1.807, 2.05) is 13.8 Å². The predicted octanol–water partition coefficient (Wildman–Crippen LogP) is 2.98. The van der Waals surface area contributed by atoms with Crippen molar-refractivity contribution in [1.82, 2.24) is 0 Å². The van der Waals surface area contributed by atoms with E-state index in [1.54, 1.807) is 0 Å². The Morgan fingerprint density at radius 3 is 2.10 bits per heavy atom. The zero-order chi connectivity index (χ0) is 15.5. The van der Waals surface area contributed by atoms with Crippen molar-refractivity contribution in [2.75, 3.05) is 44.4 Å². The van der Waals surface area contributed by atoms with Crippen LogP contribution in [0.4, 0.5) is 5.69 Å². The summed E-state index contributed by atoms with van der Waals surface area (Å²) in [5, 5.41) is 0. The van der Waals surface area contributed by atoms with Crippen LogP contribution in [0.1, 0.15) is 38.8 Å². The van der Waals surface area contributed by atoms with Gasteiger partial charge in [-0.2, -0.15) is 0 Å². The Labute approximate surface area is 129 Å². The molecule has 0 aliphatic heterocycles. The molecule has 0 saturated heterocycles. The first-order valence-corrected chi connectivity index (χ1v) is 7.99. The molecule has 4 nitrogen and oxygen atoms in total. The van der Waals surface area contributed by atoms with E-state index in [2.05, 4.69) is 36.1 Å². The summed E-state index contributed by atoms with van der Waals surface area (Å²) in [6.07, 6.45) is 0.932. The van der Waals surface area contributed by atoms with Gasteiger partial charge in [-0.25, -0.2) is 0 Å². The Morgan fingerprint density at radius 1 is 1.00 bits per heavy atom. The molecule has 2 N–H and O–H groups in total. The molecule has 1 aromatic carbocycles. The van der Waals surface area contributed by atoms with E-state index >= 15 is 0 Å². The number of anilines is 1. The highest BCUT2D eigenvalue weighted by atomic mass is 16.5. The van der Waals surface area contributed by atoms with Gasteiger partial charge in [-0.1, -0.05) is 25.1 Å². The number of nitrogens with two attached hydrogens (primary N) is 1. The second-order valence-electron chi connectivity index (χ2n) is 4.95. The number of hydrogen-bond acceptors (Lipinski definition) is 4. The van der Waals surface area contributed by atoms with Crippen LogP contribution in [0.2, 0.25) is 0 Å². The largest absolute Gasteiger partial charge is 0.380 e. The number of hydrogen-bond donors (Lipinski definition) is 1. The molecule has 0 amide bonds. The smallest absolute Gasteiger partial charge is 0.0641 e. The topological polar surface area (TPSA) is 47.7 Å². The lowest BCUT2D eigenvalue weighted by Gasteiger charge is -2.28. The third kappa shape index (κ3) is 6.04. The maximum absolute atomic E-state index is 6.25. The van der Waals surface area contributed by atoms with Crippen LogP contribution in [0.3, 0.4) is 0 Å². The molecule has 0 saturated carbocycles. The quantitative estimate of drug-likeness (QED) is 0.637. The highest BCUT2D eigenvalue weighted by Crippen LogP contribution is 2.26. The fourth-order valence-electron chi connectivity index (χ4n) is 2.30. The molecule has 0 fully saturated rings. The molecule has 21 heavy (non-hydrogen) atoms. The van der Waals surface area contributed by atoms with Crippen molar-refractivity contribution in [2.24, 2.45) is 5.73 Å². The molecule has 120 valence electrons. The third-order valence-electron chi connectivity index (χ3n) is 3.54. The normalized spacial score (nSPS) is 12.4. The Bertz CT molecular complexity index is 375. The first kappa shape index (κ1) is 18.0. The van der Waals surface area contributed by atoms with Crippen LogP contribution in [0, 0.1) is 0 Å². The molecule has 1 atom stereocenters.